The molecule has 0 radical (unpaired) electrons. The molecule has 2 aromatic carbocycles. The molecule has 78 valence electrons. The highest BCUT2D eigenvalue weighted by Crippen LogP contribution is 2.31. The van der Waals surface area contributed by atoms with Gasteiger partial charge in [-0.15, -0.1) is 5.10 Å². The van der Waals surface area contributed by atoms with Crippen molar-refractivity contribution in [2.75, 3.05) is 0 Å². The largest absolute Gasteiger partial charge is 0.337 e. The van der Waals surface area contributed by atoms with E-state index in [0.717, 1.165) is 16.0 Å². The molecule has 0 bridgehead atoms. The zero-order chi connectivity index (χ0) is 10.8. The molecule has 16 heavy (non-hydrogen) atoms. The molecular formula is C12H8N2OS. The summed E-state index contributed by atoms with van der Waals surface area (Å²) in [6.45, 7) is 0. The van der Waals surface area contributed by atoms with Crippen LogP contribution in [0.4, 0.5) is 0 Å². The van der Waals surface area contributed by atoms with E-state index in [1.54, 1.807) is 11.8 Å². The number of fused-ring (bicyclic) bond motifs is 1. The molecule has 0 saturated heterocycles. The Balaban J connectivity index is 2.04. The van der Waals surface area contributed by atoms with Gasteiger partial charge in [-0.2, -0.15) is 0 Å². The molecule has 0 unspecified atom stereocenters. The molecule has 3 nitrogen and oxygen atoms in total. The van der Waals surface area contributed by atoms with Crippen LogP contribution in [0, 0.1) is 0 Å². The first-order valence-electron chi connectivity index (χ1n) is 4.87. The van der Waals surface area contributed by atoms with Gasteiger partial charge in [0.15, 0.2) is 5.58 Å². The van der Waals surface area contributed by atoms with Gasteiger partial charge in [-0.3, -0.25) is 0 Å². The van der Waals surface area contributed by atoms with Gasteiger partial charge in [0.25, 0.3) is 0 Å². The number of benzene rings is 2. The average Bonchev–Trinajstić information content (AvgIpc) is 2.80. The van der Waals surface area contributed by atoms with E-state index in [2.05, 4.69) is 22.5 Å². The first kappa shape index (κ1) is 9.42. The van der Waals surface area contributed by atoms with Gasteiger partial charge in [0, 0.05) is 15.1 Å². The van der Waals surface area contributed by atoms with E-state index >= 15 is 0 Å². The molecule has 4 heteroatoms. The van der Waals surface area contributed by atoms with Crippen LogP contribution in [0.1, 0.15) is 0 Å². The fraction of sp³-hybridized carbons (Fsp3) is 0. The molecule has 0 amide bonds. The Labute approximate surface area is 96.4 Å². The van der Waals surface area contributed by atoms with Crippen molar-refractivity contribution in [2.45, 2.75) is 9.79 Å². The third kappa shape index (κ3) is 1.67. The van der Waals surface area contributed by atoms with Gasteiger partial charge in [-0.05, 0) is 24.3 Å². The van der Waals surface area contributed by atoms with Crippen LogP contribution >= 0.6 is 11.8 Å². The summed E-state index contributed by atoms with van der Waals surface area (Å²) in [5.41, 5.74) is 1.54. The maximum atomic E-state index is 5.02. The Kier molecular flexibility index (Phi) is 2.34. The molecule has 0 aliphatic rings. The highest BCUT2D eigenvalue weighted by Gasteiger charge is 2.07. The van der Waals surface area contributed by atoms with Gasteiger partial charge in [0.1, 0.15) is 5.52 Å². The summed E-state index contributed by atoms with van der Waals surface area (Å²) in [5.74, 6) is 0. The van der Waals surface area contributed by atoms with Crippen molar-refractivity contribution in [3.05, 3.63) is 48.5 Å². The third-order valence-corrected chi connectivity index (χ3v) is 3.27. The normalized spacial score (nSPS) is 10.8. The number of nitrogens with zero attached hydrogens (tertiary/aromatic N) is 2. The molecule has 1 heterocycles. The number of hydrogen-bond acceptors (Lipinski definition) is 4. The number of hydrogen-bond donors (Lipinski definition) is 0. The van der Waals surface area contributed by atoms with Crippen LogP contribution in [-0.4, -0.2) is 10.4 Å². The summed E-state index contributed by atoms with van der Waals surface area (Å²) in [6, 6.07) is 16.0. The van der Waals surface area contributed by atoms with Gasteiger partial charge < -0.3 is 4.52 Å². The zero-order valence-electron chi connectivity index (χ0n) is 8.33. The summed E-state index contributed by atoms with van der Waals surface area (Å²) in [7, 11) is 0. The predicted molar refractivity (Wildman–Crippen MR) is 62.4 cm³/mol. The Hall–Kier alpha value is -1.81. The molecule has 0 N–H and O–H groups in total. The predicted octanol–water partition coefficient (Wildman–Crippen LogP) is 3.37. The van der Waals surface area contributed by atoms with Gasteiger partial charge in [-0.25, -0.2) is 0 Å². The van der Waals surface area contributed by atoms with Crippen LogP contribution in [0.2, 0.25) is 0 Å². The second kappa shape index (κ2) is 3.98. The minimum absolute atomic E-state index is 0.723. The van der Waals surface area contributed by atoms with E-state index < -0.39 is 0 Å². The van der Waals surface area contributed by atoms with E-state index in [-0.39, 0.29) is 0 Å². The molecule has 3 rings (SSSR count). The fourth-order valence-corrected chi connectivity index (χ4v) is 2.41. The molecule has 0 atom stereocenters. The lowest BCUT2D eigenvalue weighted by Crippen LogP contribution is -1.76. The van der Waals surface area contributed by atoms with Gasteiger partial charge in [0.2, 0.25) is 0 Å². The smallest absolute Gasteiger partial charge is 0.188 e. The summed E-state index contributed by atoms with van der Waals surface area (Å²) in [5, 5.41) is 7.54. The SMILES string of the molecule is c1ccc(Sc2cccc3onnc23)cc1. The molecule has 0 saturated carbocycles. The van der Waals surface area contributed by atoms with E-state index in [9.17, 15) is 0 Å². The van der Waals surface area contributed by atoms with Gasteiger partial charge in [-0.1, -0.05) is 36.0 Å². The van der Waals surface area contributed by atoms with Crippen molar-refractivity contribution in [1.29, 1.82) is 0 Å². The molecule has 0 aliphatic carbocycles. The topological polar surface area (TPSA) is 38.9 Å². The minimum Gasteiger partial charge on any atom is -0.337 e. The summed E-state index contributed by atoms with van der Waals surface area (Å²) in [6.07, 6.45) is 0. The van der Waals surface area contributed by atoms with Crippen LogP contribution in [-0.2, 0) is 0 Å². The molecule has 0 fully saturated rings. The van der Waals surface area contributed by atoms with Crippen molar-refractivity contribution in [2.24, 2.45) is 0 Å². The maximum Gasteiger partial charge on any atom is 0.188 e. The Bertz CT molecular complexity index is 606. The Morgan fingerprint density at radius 1 is 0.938 bits per heavy atom. The van der Waals surface area contributed by atoms with Crippen LogP contribution in [0.15, 0.2) is 62.8 Å². The molecule has 0 aliphatic heterocycles. The number of aromatic nitrogens is 2. The van der Waals surface area contributed by atoms with Gasteiger partial charge in [0.05, 0.1) is 0 Å². The van der Waals surface area contributed by atoms with Crippen molar-refractivity contribution >= 4 is 22.9 Å². The molecule has 0 spiro atoms. The lowest BCUT2D eigenvalue weighted by molar-refractivity contribution is 0.424. The van der Waals surface area contributed by atoms with Crippen molar-refractivity contribution in [1.82, 2.24) is 10.4 Å². The maximum absolute atomic E-state index is 5.02. The highest BCUT2D eigenvalue weighted by molar-refractivity contribution is 7.99. The van der Waals surface area contributed by atoms with Crippen LogP contribution < -0.4 is 0 Å². The first-order valence-corrected chi connectivity index (χ1v) is 5.69. The Morgan fingerprint density at radius 2 is 1.81 bits per heavy atom. The number of rotatable bonds is 2. The minimum atomic E-state index is 0.723. The second-order valence-corrected chi connectivity index (χ2v) is 4.41. The van der Waals surface area contributed by atoms with Crippen LogP contribution in [0.3, 0.4) is 0 Å². The molecule has 3 aromatic rings. The highest BCUT2D eigenvalue weighted by atomic mass is 32.2. The fourth-order valence-electron chi connectivity index (χ4n) is 1.48. The lowest BCUT2D eigenvalue weighted by Gasteiger charge is -2.00. The monoisotopic (exact) mass is 228 g/mol. The van der Waals surface area contributed by atoms with E-state index in [1.165, 1.54) is 4.90 Å². The van der Waals surface area contributed by atoms with Crippen LogP contribution in [0.5, 0.6) is 0 Å². The van der Waals surface area contributed by atoms with Crippen molar-refractivity contribution in [3.63, 3.8) is 0 Å². The second-order valence-electron chi connectivity index (χ2n) is 3.29. The Morgan fingerprint density at radius 3 is 2.69 bits per heavy atom. The molecular weight excluding hydrogens is 220 g/mol. The zero-order valence-corrected chi connectivity index (χ0v) is 9.15. The first-order chi connectivity index (χ1) is 7.93. The van der Waals surface area contributed by atoms with Crippen LogP contribution in [0.25, 0.3) is 11.1 Å². The van der Waals surface area contributed by atoms with E-state index in [4.69, 9.17) is 4.52 Å². The quantitative estimate of drug-likeness (QED) is 0.674. The molecule has 1 aromatic heterocycles. The summed E-state index contributed by atoms with van der Waals surface area (Å²) in [4.78, 5) is 2.24. The third-order valence-electron chi connectivity index (χ3n) is 2.21. The summed E-state index contributed by atoms with van der Waals surface area (Å²) >= 11 is 1.66. The van der Waals surface area contributed by atoms with Gasteiger partial charge >= 0.3 is 0 Å². The van der Waals surface area contributed by atoms with Crippen molar-refractivity contribution in [3.8, 4) is 0 Å². The average molecular weight is 228 g/mol. The van der Waals surface area contributed by atoms with E-state index in [1.807, 2.05) is 36.4 Å². The standard InChI is InChI=1S/C12H8N2OS/c1-2-5-9(6-3-1)16-11-8-4-7-10-12(11)13-14-15-10/h1-8H. The van der Waals surface area contributed by atoms with E-state index in [0.29, 0.717) is 0 Å². The van der Waals surface area contributed by atoms with Crippen molar-refractivity contribution < 1.29 is 4.52 Å². The lowest BCUT2D eigenvalue weighted by atomic mass is 10.3. The summed E-state index contributed by atoms with van der Waals surface area (Å²) < 4.78 is 5.02.